The molecule has 1 aromatic carbocycles. The van der Waals surface area contributed by atoms with Crippen molar-refractivity contribution in [1.82, 2.24) is 5.32 Å². The first-order valence-corrected chi connectivity index (χ1v) is 8.89. The molecule has 122 valence electrons. The smallest absolute Gasteiger partial charge is 0.254 e. The van der Waals surface area contributed by atoms with Crippen LogP contribution >= 0.6 is 0 Å². The van der Waals surface area contributed by atoms with Crippen molar-refractivity contribution in [1.29, 1.82) is 0 Å². The van der Waals surface area contributed by atoms with E-state index in [1.807, 2.05) is 0 Å². The Morgan fingerprint density at radius 3 is 2.59 bits per heavy atom. The number of hydrogen-bond acceptors (Lipinski definition) is 5. The molecule has 1 amide bonds. The number of morpholine rings is 1. The van der Waals surface area contributed by atoms with Gasteiger partial charge in [-0.3, -0.25) is 9.52 Å². The van der Waals surface area contributed by atoms with E-state index in [4.69, 9.17) is 4.74 Å². The molecule has 1 fully saturated rings. The highest BCUT2D eigenvalue weighted by atomic mass is 32.2. The molecular formula is C14H21N3O4S. The van der Waals surface area contributed by atoms with Crippen molar-refractivity contribution in [3.63, 3.8) is 0 Å². The number of anilines is 2. The van der Waals surface area contributed by atoms with E-state index < -0.39 is 16.1 Å². The first-order chi connectivity index (χ1) is 10.5. The largest absolute Gasteiger partial charge is 0.366 e. The highest BCUT2D eigenvalue weighted by Crippen LogP contribution is 2.15. The molecule has 1 aromatic rings. The fourth-order valence-electron chi connectivity index (χ4n) is 2.08. The molecule has 8 heteroatoms. The average Bonchev–Trinajstić information content (AvgIpc) is 2.49. The Labute approximate surface area is 130 Å². The molecule has 2 rings (SSSR count). The maximum Gasteiger partial charge on any atom is 0.254 e. The Kier molecular flexibility index (Phi) is 5.76. The minimum Gasteiger partial charge on any atom is -0.366 e. The van der Waals surface area contributed by atoms with Gasteiger partial charge in [-0.05, 0) is 30.7 Å². The van der Waals surface area contributed by atoms with Crippen LogP contribution in [0.2, 0.25) is 0 Å². The van der Waals surface area contributed by atoms with Gasteiger partial charge in [0.2, 0.25) is 10.0 Å². The van der Waals surface area contributed by atoms with Crippen LogP contribution < -0.4 is 15.4 Å². The van der Waals surface area contributed by atoms with Crippen LogP contribution in [0, 0.1) is 0 Å². The lowest BCUT2D eigenvalue weighted by Gasteiger charge is -2.22. The summed E-state index contributed by atoms with van der Waals surface area (Å²) < 4.78 is 31.2. The summed E-state index contributed by atoms with van der Waals surface area (Å²) in [6, 6.07) is 6.53. The van der Waals surface area contributed by atoms with Gasteiger partial charge in [0.1, 0.15) is 6.10 Å². The molecule has 0 aliphatic carbocycles. The van der Waals surface area contributed by atoms with Crippen molar-refractivity contribution >= 4 is 27.3 Å². The Bertz CT molecular complexity index is 595. The maximum absolute atomic E-state index is 12.0. The fourth-order valence-corrected chi connectivity index (χ4v) is 3.21. The molecule has 1 aliphatic heterocycles. The Balaban J connectivity index is 1.92. The molecule has 1 aliphatic rings. The first kappa shape index (κ1) is 16.7. The quantitative estimate of drug-likeness (QED) is 0.717. The van der Waals surface area contributed by atoms with E-state index in [1.54, 1.807) is 31.2 Å². The molecule has 0 radical (unpaired) electrons. The highest BCUT2D eigenvalue weighted by Gasteiger charge is 2.21. The number of nitrogens with one attached hydrogen (secondary N) is 3. The minimum absolute atomic E-state index is 0.0809. The van der Waals surface area contributed by atoms with E-state index in [-0.39, 0.29) is 11.7 Å². The van der Waals surface area contributed by atoms with E-state index in [0.717, 1.165) is 6.54 Å². The molecular weight excluding hydrogens is 306 g/mol. The molecule has 22 heavy (non-hydrogen) atoms. The van der Waals surface area contributed by atoms with Gasteiger partial charge in [-0.1, -0.05) is 6.92 Å². The van der Waals surface area contributed by atoms with Crippen LogP contribution in [0.5, 0.6) is 0 Å². The van der Waals surface area contributed by atoms with Crippen LogP contribution in [0.1, 0.15) is 13.3 Å². The zero-order chi connectivity index (χ0) is 16.0. The minimum atomic E-state index is -3.30. The van der Waals surface area contributed by atoms with Crippen molar-refractivity contribution in [2.75, 3.05) is 35.5 Å². The maximum atomic E-state index is 12.0. The van der Waals surface area contributed by atoms with Gasteiger partial charge in [0.25, 0.3) is 5.91 Å². The Hall–Kier alpha value is -1.64. The van der Waals surface area contributed by atoms with E-state index in [1.165, 1.54) is 0 Å². The lowest BCUT2D eigenvalue weighted by atomic mass is 10.2. The van der Waals surface area contributed by atoms with E-state index in [2.05, 4.69) is 15.4 Å². The number of amides is 1. The number of carbonyl (C=O) groups is 1. The summed E-state index contributed by atoms with van der Waals surface area (Å²) in [6.07, 6.45) is 0.0512. The number of benzene rings is 1. The summed E-state index contributed by atoms with van der Waals surface area (Å²) in [5.74, 6) is -0.135. The summed E-state index contributed by atoms with van der Waals surface area (Å²) in [5, 5.41) is 5.83. The molecule has 0 bridgehead atoms. The molecule has 0 spiro atoms. The third-order valence-corrected chi connectivity index (χ3v) is 4.61. The molecule has 1 atom stereocenters. The van der Waals surface area contributed by atoms with E-state index in [9.17, 15) is 13.2 Å². The fraction of sp³-hybridized carbons (Fsp3) is 0.500. The van der Waals surface area contributed by atoms with Gasteiger partial charge in [-0.2, -0.15) is 0 Å². The van der Waals surface area contributed by atoms with Crippen molar-refractivity contribution < 1.29 is 17.9 Å². The van der Waals surface area contributed by atoms with Crippen molar-refractivity contribution in [2.45, 2.75) is 19.4 Å². The predicted octanol–water partition coefficient (Wildman–Crippen LogP) is 0.765. The third kappa shape index (κ3) is 4.97. The Morgan fingerprint density at radius 2 is 2.00 bits per heavy atom. The zero-order valence-electron chi connectivity index (χ0n) is 12.5. The number of ether oxygens (including phenoxy) is 1. The second-order valence-corrected chi connectivity index (χ2v) is 6.89. The van der Waals surface area contributed by atoms with Crippen molar-refractivity contribution in [2.24, 2.45) is 0 Å². The van der Waals surface area contributed by atoms with Gasteiger partial charge in [0.15, 0.2) is 0 Å². The second-order valence-electron chi connectivity index (χ2n) is 5.05. The standard InChI is InChI=1S/C14H21N3O4S/c1-2-9-22(19,20)17-12-5-3-11(4-6-12)16-14(18)13-10-15-7-8-21-13/h3-6,13,15,17H,2,7-10H2,1H3,(H,16,18). The number of carbonyl (C=O) groups excluding carboxylic acids is 1. The topological polar surface area (TPSA) is 96.5 Å². The average molecular weight is 327 g/mol. The number of rotatable bonds is 6. The second kappa shape index (κ2) is 7.57. The lowest BCUT2D eigenvalue weighted by molar-refractivity contribution is -0.128. The van der Waals surface area contributed by atoms with Crippen LogP contribution in [-0.4, -0.2) is 45.9 Å². The van der Waals surface area contributed by atoms with Gasteiger partial charge in [0.05, 0.1) is 12.4 Å². The summed E-state index contributed by atoms with van der Waals surface area (Å²) in [6.45, 7) is 3.55. The van der Waals surface area contributed by atoms with Gasteiger partial charge in [-0.25, -0.2) is 8.42 Å². The van der Waals surface area contributed by atoms with Crippen molar-refractivity contribution in [3.8, 4) is 0 Å². The van der Waals surface area contributed by atoms with Crippen LogP contribution in [0.4, 0.5) is 11.4 Å². The molecule has 1 heterocycles. The van der Waals surface area contributed by atoms with Crippen LogP contribution in [-0.2, 0) is 19.6 Å². The SMILES string of the molecule is CCCS(=O)(=O)Nc1ccc(NC(=O)C2CNCCO2)cc1. The van der Waals surface area contributed by atoms with Gasteiger partial charge in [0, 0.05) is 24.5 Å². The summed E-state index contributed by atoms with van der Waals surface area (Å²) in [4.78, 5) is 12.0. The number of sulfonamides is 1. The van der Waals surface area contributed by atoms with E-state index in [0.29, 0.717) is 30.9 Å². The van der Waals surface area contributed by atoms with Crippen LogP contribution in [0.15, 0.2) is 24.3 Å². The van der Waals surface area contributed by atoms with Crippen molar-refractivity contribution in [3.05, 3.63) is 24.3 Å². The summed E-state index contributed by atoms with van der Waals surface area (Å²) in [7, 11) is -3.30. The predicted molar refractivity (Wildman–Crippen MR) is 85.4 cm³/mol. The summed E-state index contributed by atoms with van der Waals surface area (Å²) in [5.41, 5.74) is 1.07. The molecule has 3 N–H and O–H groups in total. The molecule has 1 saturated heterocycles. The third-order valence-electron chi connectivity index (χ3n) is 3.12. The molecule has 1 unspecified atom stereocenters. The highest BCUT2D eigenvalue weighted by molar-refractivity contribution is 7.92. The molecule has 0 aromatic heterocycles. The molecule has 0 saturated carbocycles. The van der Waals surface area contributed by atoms with Crippen LogP contribution in [0.25, 0.3) is 0 Å². The molecule has 7 nitrogen and oxygen atoms in total. The normalized spacial score (nSPS) is 18.7. The lowest BCUT2D eigenvalue weighted by Crippen LogP contribution is -2.45. The zero-order valence-corrected chi connectivity index (χ0v) is 13.3. The monoisotopic (exact) mass is 327 g/mol. The number of hydrogen-bond donors (Lipinski definition) is 3. The van der Waals surface area contributed by atoms with Gasteiger partial charge < -0.3 is 15.4 Å². The van der Waals surface area contributed by atoms with Gasteiger partial charge >= 0.3 is 0 Å². The van der Waals surface area contributed by atoms with Crippen LogP contribution in [0.3, 0.4) is 0 Å². The Morgan fingerprint density at radius 1 is 1.32 bits per heavy atom. The summed E-state index contributed by atoms with van der Waals surface area (Å²) >= 11 is 0. The van der Waals surface area contributed by atoms with E-state index >= 15 is 0 Å². The first-order valence-electron chi connectivity index (χ1n) is 7.24. The van der Waals surface area contributed by atoms with Gasteiger partial charge in [-0.15, -0.1) is 0 Å².